The van der Waals surface area contributed by atoms with Crippen LogP contribution < -0.4 is 0 Å². The molecule has 3 nitrogen and oxygen atoms in total. The zero-order valence-corrected chi connectivity index (χ0v) is 11.4. The molecule has 0 saturated heterocycles. The van der Waals surface area contributed by atoms with Crippen LogP contribution in [0.15, 0.2) is 38.3 Å². The third-order valence-electron chi connectivity index (χ3n) is 2.09. The van der Waals surface area contributed by atoms with E-state index in [2.05, 4.69) is 21.1 Å². The van der Waals surface area contributed by atoms with Crippen molar-refractivity contribution in [1.82, 2.24) is 0 Å². The van der Waals surface area contributed by atoms with Crippen molar-refractivity contribution < 1.29 is 9.62 Å². The lowest BCUT2D eigenvalue weighted by Crippen LogP contribution is -1.79. The molecule has 0 atom stereocenters. The van der Waals surface area contributed by atoms with Gasteiger partial charge in [-0.25, -0.2) is 0 Å². The van der Waals surface area contributed by atoms with Gasteiger partial charge in [-0.05, 0) is 40.2 Å². The number of oxime groups is 1. The summed E-state index contributed by atoms with van der Waals surface area (Å²) >= 11 is 15.4. The summed E-state index contributed by atoms with van der Waals surface area (Å²) in [7, 11) is 0. The largest absolute Gasteiger partial charge is 0.455 e. The molecule has 0 aliphatic carbocycles. The van der Waals surface area contributed by atoms with E-state index in [1.165, 1.54) is 6.21 Å². The third-order valence-corrected chi connectivity index (χ3v) is 3.60. The smallest absolute Gasteiger partial charge is 0.149 e. The Labute approximate surface area is 116 Å². The summed E-state index contributed by atoms with van der Waals surface area (Å²) in [6.45, 7) is 0. The Bertz CT molecular complexity index is 581. The maximum absolute atomic E-state index is 8.39. The van der Waals surface area contributed by atoms with Crippen molar-refractivity contribution in [3.05, 3.63) is 44.5 Å². The highest BCUT2D eigenvalue weighted by atomic mass is 79.9. The molecule has 0 amide bonds. The molecule has 0 saturated carbocycles. The van der Waals surface area contributed by atoms with E-state index in [1.54, 1.807) is 24.3 Å². The van der Waals surface area contributed by atoms with Gasteiger partial charge in [0.05, 0.1) is 10.0 Å². The van der Waals surface area contributed by atoms with Gasteiger partial charge in [0.1, 0.15) is 17.7 Å². The molecule has 0 radical (unpaired) electrons. The van der Waals surface area contributed by atoms with E-state index in [-0.39, 0.29) is 0 Å². The third kappa shape index (κ3) is 2.65. The van der Waals surface area contributed by atoms with Crippen molar-refractivity contribution in [1.29, 1.82) is 0 Å². The van der Waals surface area contributed by atoms with Crippen LogP contribution in [0.2, 0.25) is 10.0 Å². The molecule has 2 aromatic rings. The first-order chi connectivity index (χ1) is 8.11. The number of benzene rings is 1. The first-order valence-corrected chi connectivity index (χ1v) is 6.09. The number of hydrogen-bond acceptors (Lipinski definition) is 3. The van der Waals surface area contributed by atoms with Gasteiger partial charge < -0.3 is 9.62 Å². The van der Waals surface area contributed by atoms with Gasteiger partial charge in [-0.3, -0.25) is 0 Å². The predicted molar refractivity (Wildman–Crippen MR) is 71.2 cm³/mol. The average molecular weight is 335 g/mol. The topological polar surface area (TPSA) is 45.7 Å². The van der Waals surface area contributed by atoms with Crippen LogP contribution in [-0.4, -0.2) is 11.4 Å². The molecule has 0 spiro atoms. The van der Waals surface area contributed by atoms with E-state index in [1.807, 2.05) is 0 Å². The first kappa shape index (κ1) is 12.5. The quantitative estimate of drug-likeness (QED) is 0.370. The normalized spacial score (nSPS) is 11.2. The van der Waals surface area contributed by atoms with Crippen LogP contribution in [0.4, 0.5) is 0 Å². The summed E-state index contributed by atoms with van der Waals surface area (Å²) in [6, 6.07) is 6.79. The molecule has 0 aliphatic rings. The molecule has 0 bridgehead atoms. The second-order valence-electron chi connectivity index (χ2n) is 3.19. The predicted octanol–water partition coefficient (Wildman–Crippen LogP) is 4.82. The lowest BCUT2D eigenvalue weighted by Gasteiger charge is -2.03. The lowest BCUT2D eigenvalue weighted by atomic mass is 10.2. The Hall–Kier alpha value is -0.970. The molecule has 6 heteroatoms. The lowest BCUT2D eigenvalue weighted by molar-refractivity contribution is 0.321. The van der Waals surface area contributed by atoms with Crippen molar-refractivity contribution >= 4 is 45.3 Å². The highest BCUT2D eigenvalue weighted by molar-refractivity contribution is 9.10. The van der Waals surface area contributed by atoms with Crippen LogP contribution in [0, 0.1) is 0 Å². The van der Waals surface area contributed by atoms with E-state index < -0.39 is 0 Å². The molecule has 17 heavy (non-hydrogen) atoms. The minimum absolute atomic E-state index is 0.428. The molecule has 1 aromatic carbocycles. The monoisotopic (exact) mass is 333 g/mol. The summed E-state index contributed by atoms with van der Waals surface area (Å²) in [5, 5.41) is 12.3. The summed E-state index contributed by atoms with van der Waals surface area (Å²) in [4.78, 5) is 0. The molecule has 0 unspecified atom stereocenters. The highest BCUT2D eigenvalue weighted by Gasteiger charge is 2.11. The Morgan fingerprint density at radius 3 is 2.71 bits per heavy atom. The summed E-state index contributed by atoms with van der Waals surface area (Å²) in [6.07, 6.45) is 1.19. The summed E-state index contributed by atoms with van der Waals surface area (Å²) in [5.41, 5.74) is 0.678. The molecule has 0 aliphatic heterocycles. The number of nitrogens with zero attached hydrogens (tertiary/aromatic N) is 1. The van der Waals surface area contributed by atoms with Gasteiger partial charge >= 0.3 is 0 Å². The zero-order valence-electron chi connectivity index (χ0n) is 8.32. The van der Waals surface area contributed by atoms with Crippen molar-refractivity contribution in [3.63, 3.8) is 0 Å². The number of hydrogen-bond donors (Lipinski definition) is 1. The fraction of sp³-hybridized carbons (Fsp3) is 0. The zero-order chi connectivity index (χ0) is 12.4. The standard InChI is InChI=1S/C11H6BrCl2NO2/c12-8-4-9(13)7(3-10(8)14)11-2-1-6(17-11)5-15-16/h1-5,16H/b15-5-. The second kappa shape index (κ2) is 5.12. The first-order valence-electron chi connectivity index (χ1n) is 4.54. The van der Waals surface area contributed by atoms with Crippen LogP contribution in [0.3, 0.4) is 0 Å². The second-order valence-corrected chi connectivity index (χ2v) is 4.86. The SMILES string of the molecule is O/N=C\c1ccc(-c2cc(Cl)c(Br)cc2Cl)o1. The maximum atomic E-state index is 8.39. The number of rotatable bonds is 2. The summed E-state index contributed by atoms with van der Waals surface area (Å²) in [5.74, 6) is 0.983. The molecule has 1 N–H and O–H groups in total. The Balaban J connectivity index is 2.48. The van der Waals surface area contributed by atoms with Crippen molar-refractivity contribution in [2.45, 2.75) is 0 Å². The Kier molecular flexibility index (Phi) is 3.76. The van der Waals surface area contributed by atoms with Gasteiger partial charge in [-0.15, -0.1) is 0 Å². The molecular weight excluding hydrogens is 329 g/mol. The van der Waals surface area contributed by atoms with E-state index in [4.69, 9.17) is 32.8 Å². The van der Waals surface area contributed by atoms with Gasteiger partial charge in [0, 0.05) is 10.0 Å². The van der Waals surface area contributed by atoms with Crippen LogP contribution in [-0.2, 0) is 0 Å². The molecule has 1 aromatic heterocycles. The average Bonchev–Trinajstić information content (AvgIpc) is 2.72. The van der Waals surface area contributed by atoms with E-state index in [9.17, 15) is 0 Å². The maximum Gasteiger partial charge on any atom is 0.149 e. The Morgan fingerprint density at radius 1 is 1.24 bits per heavy atom. The van der Waals surface area contributed by atoms with Crippen molar-refractivity contribution in [3.8, 4) is 11.3 Å². The van der Waals surface area contributed by atoms with Crippen LogP contribution in [0.5, 0.6) is 0 Å². The van der Waals surface area contributed by atoms with Gasteiger partial charge in [0.2, 0.25) is 0 Å². The molecule has 88 valence electrons. The highest BCUT2D eigenvalue weighted by Crippen LogP contribution is 2.35. The molecule has 0 fully saturated rings. The van der Waals surface area contributed by atoms with E-state index >= 15 is 0 Å². The Morgan fingerprint density at radius 2 is 2.00 bits per heavy atom. The summed E-state index contributed by atoms with van der Waals surface area (Å²) < 4.78 is 6.14. The molecular formula is C11H6BrCl2NO2. The minimum Gasteiger partial charge on any atom is -0.455 e. The number of halogens is 3. The van der Waals surface area contributed by atoms with E-state index in [0.717, 1.165) is 4.47 Å². The fourth-order valence-electron chi connectivity index (χ4n) is 1.34. The van der Waals surface area contributed by atoms with Gasteiger partial charge in [-0.1, -0.05) is 28.4 Å². The van der Waals surface area contributed by atoms with Crippen LogP contribution in [0.1, 0.15) is 5.76 Å². The minimum atomic E-state index is 0.428. The van der Waals surface area contributed by atoms with Gasteiger partial charge in [0.15, 0.2) is 0 Å². The van der Waals surface area contributed by atoms with Crippen LogP contribution in [0.25, 0.3) is 11.3 Å². The molecule has 2 rings (SSSR count). The van der Waals surface area contributed by atoms with Gasteiger partial charge in [0.25, 0.3) is 0 Å². The fourth-order valence-corrected chi connectivity index (χ4v) is 2.23. The van der Waals surface area contributed by atoms with Crippen molar-refractivity contribution in [2.24, 2.45) is 5.16 Å². The molecule has 1 heterocycles. The van der Waals surface area contributed by atoms with Crippen LogP contribution >= 0.6 is 39.1 Å². The number of furan rings is 1. The van der Waals surface area contributed by atoms with E-state index in [0.29, 0.717) is 27.1 Å². The van der Waals surface area contributed by atoms with Crippen molar-refractivity contribution in [2.75, 3.05) is 0 Å². The van der Waals surface area contributed by atoms with Gasteiger partial charge in [-0.2, -0.15) is 0 Å².